The van der Waals surface area contributed by atoms with Crippen LogP contribution in [0, 0.1) is 5.92 Å². The zero-order valence-corrected chi connectivity index (χ0v) is 42.3. The van der Waals surface area contributed by atoms with E-state index in [2.05, 4.69) is 21.3 Å². The number of amides is 7. The van der Waals surface area contributed by atoms with E-state index in [0.717, 1.165) is 37.4 Å². The smallest absolute Gasteiger partial charge is 0.242 e. The first-order valence-corrected chi connectivity index (χ1v) is 26.3. The SMILES string of the molecule is CC.CC(=O)CCCCCN1C(=O)CC(SCC(N)C(=O)N[C@@H](CCCCNC(=O)[C@@H](N)CSC2CCN(CCCCCC(=O)C(C)C)C2=O)C(=O)NCCCCCC(=O)NC(C)N)C1=O. The number of nitrogens with zero attached hydrogens (tertiary/aromatic N) is 2. The maximum Gasteiger partial charge on any atom is 0.242 e. The van der Waals surface area contributed by atoms with Crippen molar-refractivity contribution in [1.29, 1.82) is 0 Å². The Hall–Kier alpha value is -3.59. The van der Waals surface area contributed by atoms with Gasteiger partial charge in [0.25, 0.3) is 0 Å². The molecular weight excluding hydrogens is 887 g/mol. The summed E-state index contributed by atoms with van der Waals surface area (Å²) in [5, 5.41) is 10.2. The molecule has 0 aromatic rings. The lowest BCUT2D eigenvalue weighted by Gasteiger charge is -2.21. The van der Waals surface area contributed by atoms with Crippen molar-refractivity contribution in [3.05, 3.63) is 0 Å². The monoisotopic (exact) mass is 970 g/mol. The van der Waals surface area contributed by atoms with E-state index in [0.29, 0.717) is 90.3 Å². The molecule has 4 unspecified atom stereocenters. The van der Waals surface area contributed by atoms with E-state index < -0.39 is 41.4 Å². The molecule has 7 amide bonds. The van der Waals surface area contributed by atoms with E-state index in [1.54, 1.807) is 6.92 Å². The Kier molecular flexibility index (Phi) is 31.7. The van der Waals surface area contributed by atoms with Gasteiger partial charge in [-0.2, -0.15) is 0 Å². The van der Waals surface area contributed by atoms with Crippen LogP contribution in [-0.4, -0.2) is 142 Å². The number of Topliss-reactive ketones (excluding diaryl/α,β-unsaturated/α-hetero) is 2. The number of rotatable bonds is 35. The van der Waals surface area contributed by atoms with Crippen LogP contribution in [0.4, 0.5) is 0 Å². The number of hydrogen-bond acceptors (Lipinski definition) is 14. The maximum absolute atomic E-state index is 13.3. The Bertz CT molecular complexity index is 1550. The lowest BCUT2D eigenvalue weighted by Crippen LogP contribution is -2.52. The number of hydrogen-bond donors (Lipinski definition) is 7. The third kappa shape index (κ3) is 25.0. The largest absolute Gasteiger partial charge is 0.355 e. The van der Waals surface area contributed by atoms with Gasteiger partial charge in [0, 0.05) is 75.8 Å². The van der Waals surface area contributed by atoms with Crippen molar-refractivity contribution in [1.82, 2.24) is 31.1 Å². The highest BCUT2D eigenvalue weighted by Gasteiger charge is 2.39. The zero-order valence-electron chi connectivity index (χ0n) is 40.6. The third-order valence-corrected chi connectivity index (χ3v) is 13.8. The second-order valence-corrected chi connectivity index (χ2v) is 19.8. The van der Waals surface area contributed by atoms with Crippen molar-refractivity contribution in [3.63, 3.8) is 0 Å². The molecular formula is C46H83N9O9S2. The first-order valence-electron chi connectivity index (χ1n) is 24.2. The number of likely N-dealkylation sites (tertiary alicyclic amines) is 2. The fraction of sp³-hybridized carbons (Fsp3) is 0.804. The number of imide groups is 1. The van der Waals surface area contributed by atoms with E-state index in [9.17, 15) is 43.2 Å². The number of carbonyl (C=O) groups is 9. The molecule has 18 nitrogen and oxygen atoms in total. The first kappa shape index (κ1) is 60.4. The molecule has 0 aliphatic carbocycles. The molecule has 2 rings (SSSR count). The Morgan fingerprint density at radius 2 is 1.21 bits per heavy atom. The molecule has 0 radical (unpaired) electrons. The topological polar surface area (TPSA) is 286 Å². The summed E-state index contributed by atoms with van der Waals surface area (Å²) < 4.78 is 0. The van der Waals surface area contributed by atoms with Crippen molar-refractivity contribution < 1.29 is 43.2 Å². The highest BCUT2D eigenvalue weighted by molar-refractivity contribution is 8.01. The molecule has 0 aromatic carbocycles. The highest BCUT2D eigenvalue weighted by atomic mass is 32.2. The van der Waals surface area contributed by atoms with E-state index in [1.807, 2.05) is 32.6 Å². The summed E-state index contributed by atoms with van der Waals surface area (Å²) >= 11 is 2.52. The number of nitrogens with one attached hydrogen (secondary N) is 4. The Morgan fingerprint density at radius 1 is 0.652 bits per heavy atom. The van der Waals surface area contributed by atoms with Gasteiger partial charge in [-0.05, 0) is 78.1 Å². The van der Waals surface area contributed by atoms with Crippen LogP contribution < -0.4 is 38.5 Å². The van der Waals surface area contributed by atoms with Gasteiger partial charge in [0.05, 0.1) is 28.7 Å². The van der Waals surface area contributed by atoms with E-state index in [4.69, 9.17) is 17.2 Å². The summed E-state index contributed by atoms with van der Waals surface area (Å²) in [7, 11) is 0. The standard InChI is InChI=1S/C44H77N9O9S2.C2H6/c1-29(2)35(55)18-9-7-14-23-52-25-20-36(43(52)61)63-27-32(46)40(58)48-22-13-11-17-34(42(60)49-21-12-5-10-19-38(56)50-31(4)45)51-41(59)33(47)28-64-37-26-39(57)53(44(37)62)24-15-6-8-16-30(3)54;1-2/h29,31-34,36-37H,5-28,45-47H2,1-4H3,(H,48,58)(H,49,60)(H,50,56)(H,51,59);1-2H3/t31?,32-,33?,34-,36?,37?;/m0./s1. The number of nitrogens with two attached hydrogens (primary N) is 3. The zero-order chi connectivity index (χ0) is 49.6. The van der Waals surface area contributed by atoms with Gasteiger partial charge in [-0.1, -0.05) is 47.0 Å². The van der Waals surface area contributed by atoms with Crippen LogP contribution in [-0.2, 0) is 43.2 Å². The number of thioether (sulfide) groups is 2. The summed E-state index contributed by atoms with van der Waals surface area (Å²) in [6, 6.07) is -2.81. The molecule has 0 spiro atoms. The van der Waals surface area contributed by atoms with Crippen LogP contribution in [0.25, 0.3) is 0 Å². The molecule has 6 atom stereocenters. The van der Waals surface area contributed by atoms with Gasteiger partial charge in [-0.15, -0.1) is 23.5 Å². The third-order valence-electron chi connectivity index (χ3n) is 11.1. The van der Waals surface area contributed by atoms with Crippen molar-refractivity contribution >= 4 is 76.4 Å². The van der Waals surface area contributed by atoms with Crippen LogP contribution in [0.3, 0.4) is 0 Å². The predicted molar refractivity (Wildman–Crippen MR) is 262 cm³/mol. The lowest BCUT2D eigenvalue weighted by atomic mass is 10.0. The van der Waals surface area contributed by atoms with Gasteiger partial charge in [0.2, 0.25) is 41.4 Å². The normalized spacial score (nSPS) is 17.8. The average Bonchev–Trinajstić information content (AvgIpc) is 3.76. The minimum atomic E-state index is -1.06. The van der Waals surface area contributed by atoms with Crippen molar-refractivity contribution in [2.75, 3.05) is 44.2 Å². The second kappa shape index (κ2) is 34.7. The second-order valence-electron chi connectivity index (χ2n) is 17.3. The molecule has 20 heteroatoms. The van der Waals surface area contributed by atoms with Crippen LogP contribution >= 0.6 is 23.5 Å². The fourth-order valence-corrected chi connectivity index (χ4v) is 9.47. The van der Waals surface area contributed by atoms with E-state index in [-0.39, 0.29) is 89.7 Å². The predicted octanol–water partition coefficient (Wildman–Crippen LogP) is 2.67. The molecule has 378 valence electrons. The summed E-state index contributed by atoms with van der Waals surface area (Å²) in [5.41, 5.74) is 18.0. The molecule has 0 aromatic heterocycles. The van der Waals surface area contributed by atoms with Crippen molar-refractivity contribution in [2.24, 2.45) is 23.1 Å². The molecule has 2 fully saturated rings. The lowest BCUT2D eigenvalue weighted by molar-refractivity contribution is -0.138. The molecule has 66 heavy (non-hydrogen) atoms. The van der Waals surface area contributed by atoms with Crippen LogP contribution in [0.1, 0.15) is 151 Å². The fourth-order valence-electron chi connectivity index (χ4n) is 7.20. The van der Waals surface area contributed by atoms with Gasteiger partial charge in [0.1, 0.15) is 17.6 Å². The van der Waals surface area contributed by atoms with Crippen LogP contribution in [0.15, 0.2) is 0 Å². The molecule has 2 aliphatic heterocycles. The molecule has 2 heterocycles. The van der Waals surface area contributed by atoms with E-state index in [1.165, 1.54) is 23.6 Å². The molecule has 2 aliphatic rings. The Labute approximate surface area is 402 Å². The Morgan fingerprint density at radius 3 is 1.85 bits per heavy atom. The van der Waals surface area contributed by atoms with Gasteiger partial charge >= 0.3 is 0 Å². The van der Waals surface area contributed by atoms with Gasteiger partial charge < -0.3 is 48.2 Å². The number of ketones is 2. The summed E-state index contributed by atoms with van der Waals surface area (Å²) in [4.78, 5) is 116. The van der Waals surface area contributed by atoms with E-state index >= 15 is 0 Å². The van der Waals surface area contributed by atoms with Gasteiger partial charge in [0.15, 0.2) is 0 Å². The number of carbonyl (C=O) groups excluding carboxylic acids is 9. The van der Waals surface area contributed by atoms with Gasteiger partial charge in [-0.25, -0.2) is 0 Å². The average molecular weight is 970 g/mol. The summed E-state index contributed by atoms with van der Waals surface area (Å²) in [6.07, 6.45) is 9.32. The number of unbranched alkanes of at least 4 members (excludes halogenated alkanes) is 7. The summed E-state index contributed by atoms with van der Waals surface area (Å²) in [5.74, 6) is -1.28. The molecule has 10 N–H and O–H groups in total. The molecule has 0 saturated carbocycles. The minimum Gasteiger partial charge on any atom is -0.355 e. The first-order chi connectivity index (χ1) is 31.4. The van der Waals surface area contributed by atoms with Crippen LogP contribution in [0.2, 0.25) is 0 Å². The highest BCUT2D eigenvalue weighted by Crippen LogP contribution is 2.27. The van der Waals surface area contributed by atoms with Crippen LogP contribution in [0.5, 0.6) is 0 Å². The quantitative estimate of drug-likeness (QED) is 0.0273. The van der Waals surface area contributed by atoms with Gasteiger partial charge in [-0.3, -0.25) is 43.3 Å². The maximum atomic E-state index is 13.3. The van der Waals surface area contributed by atoms with Crippen molar-refractivity contribution in [3.8, 4) is 0 Å². The molecule has 2 saturated heterocycles. The van der Waals surface area contributed by atoms with Crippen molar-refractivity contribution in [2.45, 2.75) is 185 Å². The Balaban J connectivity index is 0.0000107. The molecule has 0 bridgehead atoms. The summed E-state index contributed by atoms with van der Waals surface area (Å²) in [6.45, 7) is 13.2. The minimum absolute atomic E-state index is 0.0113.